The average molecular weight is 297 g/mol. The van der Waals surface area contributed by atoms with E-state index in [1.807, 2.05) is 6.92 Å². The van der Waals surface area contributed by atoms with Gasteiger partial charge in [-0.1, -0.05) is 26.2 Å². The van der Waals surface area contributed by atoms with Crippen molar-refractivity contribution in [3.8, 4) is 5.88 Å². The molecule has 8 heteroatoms. The van der Waals surface area contributed by atoms with Crippen LogP contribution < -0.4 is 16.0 Å². The van der Waals surface area contributed by atoms with Crippen LogP contribution >= 0.6 is 0 Å². The Hall–Kier alpha value is -1.96. The Morgan fingerprint density at radius 1 is 1.38 bits per heavy atom. The minimum Gasteiger partial charge on any atom is -0.470 e. The van der Waals surface area contributed by atoms with E-state index >= 15 is 0 Å². The Bertz CT molecular complexity index is 481. The highest BCUT2D eigenvalue weighted by atomic mass is 16.6. The highest BCUT2D eigenvalue weighted by molar-refractivity contribution is 5.48. The van der Waals surface area contributed by atoms with Crippen molar-refractivity contribution in [2.75, 3.05) is 5.43 Å². The van der Waals surface area contributed by atoms with Gasteiger partial charge >= 0.3 is 5.69 Å². The molecular weight excluding hydrogens is 274 g/mol. The van der Waals surface area contributed by atoms with Crippen LogP contribution in [-0.4, -0.2) is 21.0 Å². The summed E-state index contributed by atoms with van der Waals surface area (Å²) in [5.74, 6) is 5.32. The lowest BCUT2D eigenvalue weighted by Gasteiger charge is -2.14. The number of ether oxygens (including phenoxy) is 1. The smallest absolute Gasteiger partial charge is 0.352 e. The van der Waals surface area contributed by atoms with Crippen molar-refractivity contribution in [2.24, 2.45) is 5.84 Å². The highest BCUT2D eigenvalue weighted by Crippen LogP contribution is 2.29. The van der Waals surface area contributed by atoms with Crippen molar-refractivity contribution in [1.29, 1.82) is 0 Å². The number of hydrazine groups is 1. The van der Waals surface area contributed by atoms with Crippen LogP contribution in [0, 0.1) is 17.0 Å². The topological polar surface area (TPSA) is 116 Å². The van der Waals surface area contributed by atoms with E-state index in [0.29, 0.717) is 0 Å². The average Bonchev–Trinajstić information content (AvgIpc) is 2.42. The molecule has 1 rings (SSSR count). The van der Waals surface area contributed by atoms with E-state index in [0.717, 1.165) is 25.7 Å². The molecule has 1 heterocycles. The number of aromatic nitrogens is 2. The second-order valence-electron chi connectivity index (χ2n) is 4.97. The lowest BCUT2D eigenvalue weighted by molar-refractivity contribution is -0.387. The Morgan fingerprint density at radius 3 is 2.67 bits per heavy atom. The predicted octanol–water partition coefficient (Wildman–Crippen LogP) is 2.72. The van der Waals surface area contributed by atoms with E-state index < -0.39 is 4.92 Å². The third-order valence-electron chi connectivity index (χ3n) is 3.12. The summed E-state index contributed by atoms with van der Waals surface area (Å²) in [4.78, 5) is 18.4. The second-order valence-corrected chi connectivity index (χ2v) is 4.97. The van der Waals surface area contributed by atoms with Crippen molar-refractivity contribution < 1.29 is 9.66 Å². The molecule has 3 N–H and O–H groups in total. The van der Waals surface area contributed by atoms with Crippen molar-refractivity contribution in [2.45, 2.75) is 59.0 Å². The Kier molecular flexibility index (Phi) is 6.80. The molecule has 0 fully saturated rings. The molecule has 0 aliphatic heterocycles. The maximum absolute atomic E-state index is 11.1. The fraction of sp³-hybridized carbons (Fsp3) is 0.692. The minimum absolute atomic E-state index is 0.0385. The predicted molar refractivity (Wildman–Crippen MR) is 80.1 cm³/mol. The van der Waals surface area contributed by atoms with Gasteiger partial charge in [0.15, 0.2) is 0 Å². The quantitative estimate of drug-likeness (QED) is 0.311. The Morgan fingerprint density at radius 2 is 2.10 bits per heavy atom. The number of unbranched alkanes of at least 4 members (excludes halogenated alkanes) is 3. The molecule has 0 spiro atoms. The van der Waals surface area contributed by atoms with Gasteiger partial charge in [-0.2, -0.15) is 4.98 Å². The molecule has 0 radical (unpaired) electrons. The monoisotopic (exact) mass is 297 g/mol. The molecule has 0 amide bonds. The zero-order valence-electron chi connectivity index (χ0n) is 12.8. The number of nitrogens with one attached hydrogen (secondary N) is 1. The first kappa shape index (κ1) is 17.1. The molecular formula is C13H23N5O3. The number of anilines is 1. The Balaban J connectivity index is 2.80. The van der Waals surface area contributed by atoms with Gasteiger partial charge < -0.3 is 4.74 Å². The molecule has 0 saturated carbocycles. The van der Waals surface area contributed by atoms with E-state index in [4.69, 9.17) is 10.6 Å². The minimum atomic E-state index is -0.533. The number of nitrogens with zero attached hydrogens (tertiary/aromatic N) is 3. The van der Waals surface area contributed by atoms with Crippen LogP contribution in [0.2, 0.25) is 0 Å². The molecule has 1 aromatic heterocycles. The third-order valence-corrected chi connectivity index (χ3v) is 3.12. The maximum atomic E-state index is 11.1. The van der Waals surface area contributed by atoms with E-state index in [1.54, 1.807) is 0 Å². The zero-order chi connectivity index (χ0) is 15.8. The van der Waals surface area contributed by atoms with Gasteiger partial charge in [-0.25, -0.2) is 10.8 Å². The first-order valence-electron chi connectivity index (χ1n) is 7.15. The van der Waals surface area contributed by atoms with Crippen LogP contribution in [0.15, 0.2) is 0 Å². The summed E-state index contributed by atoms with van der Waals surface area (Å²) in [6, 6.07) is 0. The van der Waals surface area contributed by atoms with Gasteiger partial charge in [0.05, 0.1) is 11.0 Å². The molecule has 0 bridgehead atoms. The van der Waals surface area contributed by atoms with Crippen LogP contribution in [-0.2, 0) is 0 Å². The van der Waals surface area contributed by atoms with Crippen molar-refractivity contribution in [1.82, 2.24) is 9.97 Å². The lowest BCUT2D eigenvalue weighted by atomic mass is 10.1. The normalized spacial score (nSPS) is 12.0. The number of rotatable bonds is 9. The van der Waals surface area contributed by atoms with Crippen molar-refractivity contribution in [3.05, 3.63) is 15.8 Å². The fourth-order valence-corrected chi connectivity index (χ4v) is 2.01. The molecule has 0 aliphatic rings. The fourth-order valence-electron chi connectivity index (χ4n) is 2.01. The highest BCUT2D eigenvalue weighted by Gasteiger charge is 2.24. The summed E-state index contributed by atoms with van der Waals surface area (Å²) in [6.45, 7) is 5.55. The molecule has 1 atom stereocenters. The summed E-state index contributed by atoms with van der Waals surface area (Å²) >= 11 is 0. The van der Waals surface area contributed by atoms with Crippen LogP contribution in [0.1, 0.15) is 51.6 Å². The van der Waals surface area contributed by atoms with E-state index in [-0.39, 0.29) is 29.3 Å². The summed E-state index contributed by atoms with van der Waals surface area (Å²) in [5.41, 5.74) is 2.29. The maximum Gasteiger partial charge on any atom is 0.352 e. The summed E-state index contributed by atoms with van der Waals surface area (Å²) in [5, 5.41) is 11.1. The van der Waals surface area contributed by atoms with Gasteiger partial charge in [-0.3, -0.25) is 15.5 Å². The zero-order valence-corrected chi connectivity index (χ0v) is 12.8. The summed E-state index contributed by atoms with van der Waals surface area (Å²) in [6.07, 6.45) is 5.17. The number of nitrogens with two attached hydrogens (primary N) is 1. The number of aryl methyl sites for hydroxylation is 1. The molecule has 8 nitrogen and oxygen atoms in total. The van der Waals surface area contributed by atoms with Gasteiger partial charge in [-0.15, -0.1) is 0 Å². The van der Waals surface area contributed by atoms with Crippen molar-refractivity contribution >= 4 is 11.6 Å². The van der Waals surface area contributed by atoms with Crippen LogP contribution in [0.5, 0.6) is 5.88 Å². The van der Waals surface area contributed by atoms with Gasteiger partial charge in [-0.05, 0) is 26.7 Å². The molecule has 0 saturated heterocycles. The molecule has 21 heavy (non-hydrogen) atoms. The molecule has 1 aromatic rings. The van der Waals surface area contributed by atoms with Crippen LogP contribution in [0.25, 0.3) is 0 Å². The van der Waals surface area contributed by atoms with Crippen LogP contribution in [0.3, 0.4) is 0 Å². The van der Waals surface area contributed by atoms with Gasteiger partial charge in [0.2, 0.25) is 5.95 Å². The molecule has 0 aliphatic carbocycles. The van der Waals surface area contributed by atoms with Gasteiger partial charge in [0.25, 0.3) is 5.88 Å². The first-order valence-corrected chi connectivity index (χ1v) is 7.15. The molecule has 0 aromatic carbocycles. The third kappa shape index (κ3) is 5.14. The van der Waals surface area contributed by atoms with Crippen molar-refractivity contribution in [3.63, 3.8) is 0 Å². The van der Waals surface area contributed by atoms with Gasteiger partial charge in [0, 0.05) is 0 Å². The molecule has 118 valence electrons. The number of hydrogen-bond donors (Lipinski definition) is 2. The first-order chi connectivity index (χ1) is 9.99. The summed E-state index contributed by atoms with van der Waals surface area (Å²) < 4.78 is 5.62. The van der Waals surface area contributed by atoms with Gasteiger partial charge in [0.1, 0.15) is 5.69 Å². The lowest BCUT2D eigenvalue weighted by Crippen LogP contribution is -2.17. The number of hydrogen-bond acceptors (Lipinski definition) is 7. The number of nitrogen functional groups attached to an aromatic ring is 1. The second kappa shape index (κ2) is 8.35. The number of nitro groups is 1. The van der Waals surface area contributed by atoms with Crippen LogP contribution in [0.4, 0.5) is 11.6 Å². The Labute approximate surface area is 124 Å². The largest absolute Gasteiger partial charge is 0.470 e. The molecule has 1 unspecified atom stereocenters. The summed E-state index contributed by atoms with van der Waals surface area (Å²) in [7, 11) is 0. The van der Waals surface area contributed by atoms with E-state index in [9.17, 15) is 10.1 Å². The standard InChI is InChI=1S/C13H23N5O3/c1-4-5-6-7-8-9(2)21-12-11(18(19)20)10(3)15-13(16-12)17-14/h9H,4-8,14H2,1-3H3,(H,15,16,17). The van der Waals surface area contributed by atoms with E-state index in [2.05, 4.69) is 22.3 Å². The SMILES string of the molecule is CCCCCCC(C)Oc1nc(NN)nc(C)c1[N+](=O)[O-]. The van der Waals surface area contributed by atoms with E-state index in [1.165, 1.54) is 13.3 Å².